The van der Waals surface area contributed by atoms with Crippen molar-refractivity contribution in [3.8, 4) is 0 Å². The third-order valence-electron chi connectivity index (χ3n) is 7.25. The summed E-state index contributed by atoms with van der Waals surface area (Å²) in [6, 6.07) is 8.11. The molecule has 2 unspecified atom stereocenters. The Morgan fingerprint density at radius 1 is 1.07 bits per heavy atom. The zero-order chi connectivity index (χ0) is 20.6. The zero-order valence-electron chi connectivity index (χ0n) is 18.8. The highest BCUT2D eigenvalue weighted by Crippen LogP contribution is 2.36. The number of rotatable bonds is 8. The van der Waals surface area contributed by atoms with Gasteiger partial charge < -0.3 is 4.74 Å². The van der Waals surface area contributed by atoms with E-state index in [1.165, 1.54) is 62.5 Å². The van der Waals surface area contributed by atoms with Crippen LogP contribution in [0.2, 0.25) is 0 Å². The van der Waals surface area contributed by atoms with Gasteiger partial charge in [0.05, 0.1) is 5.56 Å². The molecule has 3 rings (SSSR count). The summed E-state index contributed by atoms with van der Waals surface area (Å²) in [5, 5.41) is 0. The maximum Gasteiger partial charge on any atom is 0.338 e. The predicted octanol–water partition coefficient (Wildman–Crippen LogP) is 7.82. The van der Waals surface area contributed by atoms with Crippen LogP contribution in [0.4, 0.5) is 0 Å². The topological polar surface area (TPSA) is 26.3 Å². The Balaban J connectivity index is 1.50. The second kappa shape index (κ2) is 11.0. The Bertz CT molecular complexity index is 664. The van der Waals surface area contributed by atoms with Crippen LogP contribution in [0.25, 0.3) is 5.57 Å². The standard InChI is InChI=1S/C27H40O2/c1-4-5-6-7-21(3)22-10-12-23(13-11-22)24-14-16-25(17-15-24)27(28)29-26-18-8-20(2)9-19-26/h12,14-17,20-22,26H,4-11,13,18-19H2,1-3H3/t20-,21?,22?,26-. The van der Waals surface area contributed by atoms with Gasteiger partial charge in [0.1, 0.15) is 6.10 Å². The van der Waals surface area contributed by atoms with Gasteiger partial charge in [0.15, 0.2) is 0 Å². The first kappa shape index (κ1) is 22.1. The fraction of sp³-hybridized carbons (Fsp3) is 0.667. The van der Waals surface area contributed by atoms with Crippen molar-refractivity contribution in [2.45, 2.75) is 97.5 Å². The molecule has 0 amide bonds. The first-order valence-corrected chi connectivity index (χ1v) is 12.1. The van der Waals surface area contributed by atoms with Gasteiger partial charge in [-0.2, -0.15) is 0 Å². The van der Waals surface area contributed by atoms with E-state index >= 15 is 0 Å². The van der Waals surface area contributed by atoms with Gasteiger partial charge in [-0.1, -0.05) is 64.7 Å². The summed E-state index contributed by atoms with van der Waals surface area (Å²) in [6.07, 6.45) is 16.0. The molecular formula is C27H40O2. The van der Waals surface area contributed by atoms with Crippen molar-refractivity contribution in [2.24, 2.45) is 17.8 Å². The minimum atomic E-state index is -0.158. The first-order valence-electron chi connectivity index (χ1n) is 12.1. The summed E-state index contributed by atoms with van der Waals surface area (Å²) in [7, 11) is 0. The van der Waals surface area contributed by atoms with Crippen molar-refractivity contribution < 1.29 is 9.53 Å². The van der Waals surface area contributed by atoms with E-state index in [0.717, 1.165) is 37.0 Å². The molecule has 2 aliphatic carbocycles. The fourth-order valence-electron chi connectivity index (χ4n) is 4.97. The van der Waals surface area contributed by atoms with Gasteiger partial charge in [-0.05, 0) is 86.0 Å². The zero-order valence-corrected chi connectivity index (χ0v) is 18.8. The van der Waals surface area contributed by atoms with Crippen molar-refractivity contribution in [3.63, 3.8) is 0 Å². The molecule has 0 N–H and O–H groups in total. The summed E-state index contributed by atoms with van der Waals surface area (Å²) < 4.78 is 5.74. The molecule has 1 fully saturated rings. The molecule has 2 nitrogen and oxygen atoms in total. The lowest BCUT2D eigenvalue weighted by atomic mass is 9.78. The SMILES string of the molecule is CCCCCC(C)C1CC=C(c2ccc(C(=O)O[C@H]3CC[C@H](C)CC3)cc2)CC1. The Kier molecular flexibility index (Phi) is 8.39. The van der Waals surface area contributed by atoms with Gasteiger partial charge in [-0.3, -0.25) is 0 Å². The third kappa shape index (κ3) is 6.46. The quantitative estimate of drug-likeness (QED) is 0.331. The largest absolute Gasteiger partial charge is 0.459 e. The highest BCUT2D eigenvalue weighted by atomic mass is 16.5. The minimum Gasteiger partial charge on any atom is -0.459 e. The Hall–Kier alpha value is -1.57. The van der Waals surface area contributed by atoms with E-state index in [0.29, 0.717) is 5.56 Å². The number of carbonyl (C=O) groups is 1. The smallest absolute Gasteiger partial charge is 0.338 e. The number of allylic oxidation sites excluding steroid dienone is 2. The fourth-order valence-corrected chi connectivity index (χ4v) is 4.97. The van der Waals surface area contributed by atoms with Gasteiger partial charge in [0, 0.05) is 0 Å². The van der Waals surface area contributed by atoms with Crippen LogP contribution in [-0.2, 0) is 4.74 Å². The van der Waals surface area contributed by atoms with E-state index in [2.05, 4.69) is 39.0 Å². The van der Waals surface area contributed by atoms with E-state index in [1.54, 1.807) is 0 Å². The lowest BCUT2D eigenvalue weighted by Gasteiger charge is -2.28. The number of esters is 1. The van der Waals surface area contributed by atoms with Crippen LogP contribution in [0.5, 0.6) is 0 Å². The van der Waals surface area contributed by atoms with E-state index < -0.39 is 0 Å². The molecule has 0 radical (unpaired) electrons. The molecule has 0 saturated heterocycles. The third-order valence-corrected chi connectivity index (χ3v) is 7.25. The van der Waals surface area contributed by atoms with E-state index in [-0.39, 0.29) is 12.1 Å². The maximum atomic E-state index is 12.5. The molecule has 0 aliphatic heterocycles. The highest BCUT2D eigenvalue weighted by molar-refractivity contribution is 5.90. The van der Waals surface area contributed by atoms with Crippen molar-refractivity contribution in [1.82, 2.24) is 0 Å². The van der Waals surface area contributed by atoms with Crippen LogP contribution in [-0.4, -0.2) is 12.1 Å². The summed E-state index contributed by atoms with van der Waals surface area (Å²) >= 11 is 0. The van der Waals surface area contributed by atoms with Crippen molar-refractivity contribution in [1.29, 1.82) is 0 Å². The Morgan fingerprint density at radius 2 is 1.79 bits per heavy atom. The number of benzene rings is 1. The summed E-state index contributed by atoms with van der Waals surface area (Å²) in [4.78, 5) is 12.5. The molecule has 160 valence electrons. The van der Waals surface area contributed by atoms with Gasteiger partial charge in [-0.15, -0.1) is 0 Å². The average molecular weight is 397 g/mol. The molecule has 2 aliphatic rings. The van der Waals surface area contributed by atoms with Crippen molar-refractivity contribution in [3.05, 3.63) is 41.5 Å². The van der Waals surface area contributed by atoms with Gasteiger partial charge in [0.2, 0.25) is 0 Å². The van der Waals surface area contributed by atoms with Gasteiger partial charge in [-0.25, -0.2) is 4.79 Å². The van der Waals surface area contributed by atoms with Crippen LogP contribution in [0.1, 0.15) is 107 Å². The van der Waals surface area contributed by atoms with Gasteiger partial charge >= 0.3 is 5.97 Å². The maximum absolute atomic E-state index is 12.5. The van der Waals surface area contributed by atoms with Crippen LogP contribution >= 0.6 is 0 Å². The van der Waals surface area contributed by atoms with E-state index in [1.807, 2.05) is 12.1 Å². The average Bonchev–Trinajstić information content (AvgIpc) is 2.75. The second-order valence-electron chi connectivity index (χ2n) is 9.60. The molecule has 1 aromatic carbocycles. The number of ether oxygens (including phenoxy) is 1. The molecule has 1 saturated carbocycles. The number of unbranched alkanes of at least 4 members (excludes halogenated alkanes) is 2. The monoisotopic (exact) mass is 396 g/mol. The van der Waals surface area contributed by atoms with Crippen molar-refractivity contribution in [2.75, 3.05) is 0 Å². The normalized spacial score (nSPS) is 25.9. The molecule has 2 heteroatoms. The molecule has 0 heterocycles. The van der Waals surface area contributed by atoms with Crippen LogP contribution in [0.15, 0.2) is 30.3 Å². The summed E-state index contributed by atoms with van der Waals surface area (Å²) in [6.45, 7) is 7.00. The van der Waals surface area contributed by atoms with E-state index in [4.69, 9.17) is 4.74 Å². The first-order chi connectivity index (χ1) is 14.1. The Labute approximate surface area is 178 Å². The predicted molar refractivity (Wildman–Crippen MR) is 122 cm³/mol. The number of carbonyl (C=O) groups excluding carboxylic acids is 1. The minimum absolute atomic E-state index is 0.107. The molecule has 1 aromatic rings. The second-order valence-corrected chi connectivity index (χ2v) is 9.60. The van der Waals surface area contributed by atoms with Crippen molar-refractivity contribution >= 4 is 11.5 Å². The molecule has 2 atom stereocenters. The summed E-state index contributed by atoms with van der Waals surface area (Å²) in [5.41, 5.74) is 3.40. The molecular weight excluding hydrogens is 356 g/mol. The highest BCUT2D eigenvalue weighted by Gasteiger charge is 2.23. The van der Waals surface area contributed by atoms with Crippen LogP contribution in [0, 0.1) is 17.8 Å². The molecule has 0 aromatic heterocycles. The molecule has 29 heavy (non-hydrogen) atoms. The van der Waals surface area contributed by atoms with Crippen LogP contribution < -0.4 is 0 Å². The molecule has 0 bridgehead atoms. The molecule has 0 spiro atoms. The number of hydrogen-bond donors (Lipinski definition) is 0. The van der Waals surface area contributed by atoms with Gasteiger partial charge in [0.25, 0.3) is 0 Å². The lowest BCUT2D eigenvalue weighted by molar-refractivity contribution is 0.0174. The number of hydrogen-bond acceptors (Lipinski definition) is 2. The van der Waals surface area contributed by atoms with Crippen LogP contribution in [0.3, 0.4) is 0 Å². The lowest BCUT2D eigenvalue weighted by Crippen LogP contribution is -2.23. The summed E-state index contributed by atoms with van der Waals surface area (Å²) in [5.74, 6) is 2.28. The van der Waals surface area contributed by atoms with E-state index in [9.17, 15) is 4.79 Å². The Morgan fingerprint density at radius 3 is 2.41 bits per heavy atom.